The number of alkyl halides is 3. The molecule has 2 aromatic heterocycles. The van der Waals surface area contributed by atoms with E-state index in [1.807, 2.05) is 32.2 Å². The first-order chi connectivity index (χ1) is 30.4. The van der Waals surface area contributed by atoms with Crippen molar-refractivity contribution in [1.29, 1.82) is 0 Å². The molecule has 15 nitrogen and oxygen atoms in total. The minimum atomic E-state index is -4.37. The Morgan fingerprint density at radius 2 is 1.74 bits per heavy atom. The fourth-order valence-electron chi connectivity index (χ4n) is 8.83. The second-order valence-corrected chi connectivity index (χ2v) is 21.9. The lowest BCUT2D eigenvalue weighted by Gasteiger charge is -2.37. The standard InChI is InChI=1S/C45H58F3N7O8S2/c1-9-26-21-44(26,41(59)53-65(60,61)29-10-11-29)52-39(57)34-18-28(22-55(34)40(58)31(43(5,6)7)19-37(56)54-16-14-27(15-17-54)45(46,47)48)63-36-20-32(33-23-64-42(51-33)49-24(2)3)50-38-25(4)35(62-8)13-12-30(36)38/h9,12-13,20,23-24,26-29,31,34H,1,10-11,14-19,21-22H2,2-8H3,(H,49,51)(H,52,57)(H,53,59)/t26-,28-,31-,34+,44-/m1/s1. The number of anilines is 1. The van der Waals surface area contributed by atoms with Gasteiger partial charge in [-0.05, 0) is 70.4 Å². The molecule has 4 amide bonds. The first-order valence-electron chi connectivity index (χ1n) is 22.0. The number of likely N-dealkylation sites (tertiary alicyclic amines) is 2. The monoisotopic (exact) mass is 945 g/mol. The number of aryl methyl sites for hydroxylation is 1. The molecule has 4 fully saturated rings. The van der Waals surface area contributed by atoms with Gasteiger partial charge in [-0.25, -0.2) is 18.4 Å². The van der Waals surface area contributed by atoms with E-state index in [1.165, 1.54) is 27.2 Å². The number of nitrogens with one attached hydrogen (secondary N) is 3. The molecule has 7 rings (SSSR count). The quantitative estimate of drug-likeness (QED) is 0.144. The highest BCUT2D eigenvalue weighted by atomic mass is 32.2. The summed E-state index contributed by atoms with van der Waals surface area (Å²) >= 11 is 1.42. The molecule has 354 valence electrons. The van der Waals surface area contributed by atoms with Gasteiger partial charge in [-0.2, -0.15) is 13.2 Å². The predicted octanol–water partition coefficient (Wildman–Crippen LogP) is 6.37. The summed E-state index contributed by atoms with van der Waals surface area (Å²) in [6, 6.07) is 4.23. The summed E-state index contributed by atoms with van der Waals surface area (Å²) in [5.41, 5.74) is -0.0972. The van der Waals surface area contributed by atoms with Crippen molar-refractivity contribution in [2.24, 2.45) is 23.2 Å². The Labute approximate surface area is 381 Å². The Kier molecular flexibility index (Phi) is 13.3. The van der Waals surface area contributed by atoms with E-state index in [1.54, 1.807) is 40.0 Å². The Hall–Kier alpha value is -4.98. The van der Waals surface area contributed by atoms with Crippen LogP contribution in [0.2, 0.25) is 0 Å². The lowest BCUT2D eigenvalue weighted by atomic mass is 9.77. The third-order valence-corrected chi connectivity index (χ3v) is 15.6. The van der Waals surface area contributed by atoms with E-state index in [0.29, 0.717) is 51.8 Å². The van der Waals surface area contributed by atoms with Gasteiger partial charge in [0.15, 0.2) is 5.13 Å². The van der Waals surface area contributed by atoms with Gasteiger partial charge in [0.05, 0.1) is 42.0 Å². The van der Waals surface area contributed by atoms with Gasteiger partial charge in [-0.3, -0.25) is 23.9 Å². The molecular formula is C45H58F3N7O8S2. The summed E-state index contributed by atoms with van der Waals surface area (Å²) in [5.74, 6) is -4.79. The van der Waals surface area contributed by atoms with Crippen LogP contribution in [0.1, 0.15) is 85.1 Å². The molecule has 3 N–H and O–H groups in total. The van der Waals surface area contributed by atoms with Gasteiger partial charge in [-0.1, -0.05) is 26.8 Å². The number of pyridine rings is 1. The molecule has 2 saturated heterocycles. The van der Waals surface area contributed by atoms with Crippen molar-refractivity contribution in [2.75, 3.05) is 32.1 Å². The van der Waals surface area contributed by atoms with Gasteiger partial charge in [-0.15, -0.1) is 17.9 Å². The number of carbonyl (C=O) groups excluding carboxylic acids is 4. The van der Waals surface area contributed by atoms with E-state index in [0.717, 1.165) is 5.56 Å². The van der Waals surface area contributed by atoms with Crippen molar-refractivity contribution in [1.82, 2.24) is 29.8 Å². The highest BCUT2D eigenvalue weighted by Gasteiger charge is 2.62. The van der Waals surface area contributed by atoms with Crippen LogP contribution in [0.4, 0.5) is 18.3 Å². The van der Waals surface area contributed by atoms with Crippen molar-refractivity contribution < 1.29 is 50.2 Å². The number of amides is 4. The van der Waals surface area contributed by atoms with Crippen LogP contribution in [0.5, 0.6) is 11.5 Å². The summed E-state index contributed by atoms with van der Waals surface area (Å²) in [7, 11) is -2.42. The summed E-state index contributed by atoms with van der Waals surface area (Å²) in [6.07, 6.45) is -3.67. The molecule has 3 aromatic rings. The van der Waals surface area contributed by atoms with Gasteiger partial charge in [0.1, 0.15) is 34.9 Å². The number of halogens is 3. The van der Waals surface area contributed by atoms with Crippen LogP contribution in [0.3, 0.4) is 0 Å². The molecule has 4 aliphatic rings. The van der Waals surface area contributed by atoms with Gasteiger partial charge < -0.3 is 29.9 Å². The number of piperidine rings is 1. The molecule has 2 aliphatic heterocycles. The topological polar surface area (TPSA) is 189 Å². The van der Waals surface area contributed by atoms with Crippen molar-refractivity contribution in [3.63, 3.8) is 0 Å². The van der Waals surface area contributed by atoms with Crippen molar-refractivity contribution >= 4 is 61.0 Å². The lowest BCUT2D eigenvalue weighted by Crippen LogP contribution is -2.57. The van der Waals surface area contributed by atoms with Crippen molar-refractivity contribution in [3.8, 4) is 22.9 Å². The molecule has 0 radical (unpaired) electrons. The molecule has 65 heavy (non-hydrogen) atoms. The van der Waals surface area contributed by atoms with E-state index >= 15 is 4.79 Å². The average Bonchev–Trinajstić information content (AvgIpc) is 4.13. The Bertz CT molecular complexity index is 2460. The molecule has 2 aliphatic carbocycles. The van der Waals surface area contributed by atoms with E-state index in [4.69, 9.17) is 19.4 Å². The number of methoxy groups -OCH3 is 1. The molecule has 0 spiro atoms. The first kappa shape index (κ1) is 48.0. The molecule has 0 unspecified atom stereocenters. The fourth-order valence-corrected chi connectivity index (χ4v) is 11.0. The van der Waals surface area contributed by atoms with Crippen LogP contribution < -0.4 is 24.8 Å². The maximum absolute atomic E-state index is 15.0. The highest BCUT2D eigenvalue weighted by Crippen LogP contribution is 2.46. The zero-order chi connectivity index (χ0) is 47.4. The summed E-state index contributed by atoms with van der Waals surface area (Å²) in [5, 5.41) is 8.61. The second-order valence-electron chi connectivity index (χ2n) is 19.1. The normalized spacial score (nSPS) is 23.3. The lowest BCUT2D eigenvalue weighted by molar-refractivity contribution is -0.186. The number of carbonyl (C=O) groups is 4. The van der Waals surface area contributed by atoms with Gasteiger partial charge in [0.25, 0.3) is 5.91 Å². The maximum atomic E-state index is 15.0. The van der Waals surface area contributed by atoms with Crippen molar-refractivity contribution in [3.05, 3.63) is 41.8 Å². The number of hydrogen-bond donors (Lipinski definition) is 3. The highest BCUT2D eigenvalue weighted by molar-refractivity contribution is 7.91. The van der Waals surface area contributed by atoms with E-state index < -0.39 is 85.9 Å². The number of benzene rings is 1. The van der Waals surface area contributed by atoms with E-state index in [9.17, 15) is 36.0 Å². The maximum Gasteiger partial charge on any atom is 0.391 e. The molecule has 0 bridgehead atoms. The third kappa shape index (κ3) is 10.2. The van der Waals surface area contributed by atoms with Gasteiger partial charge in [0.2, 0.25) is 27.7 Å². The van der Waals surface area contributed by atoms with Gasteiger partial charge >= 0.3 is 6.18 Å². The third-order valence-electron chi connectivity index (χ3n) is 13.0. The zero-order valence-corrected chi connectivity index (χ0v) is 39.3. The van der Waals surface area contributed by atoms with Crippen LogP contribution in [-0.2, 0) is 29.2 Å². The minimum absolute atomic E-state index is 0.0579. The van der Waals surface area contributed by atoms with Gasteiger partial charge in [0, 0.05) is 60.3 Å². The summed E-state index contributed by atoms with van der Waals surface area (Å²) in [6.45, 7) is 14.7. The smallest absolute Gasteiger partial charge is 0.391 e. The second kappa shape index (κ2) is 18.0. The SMILES string of the molecule is C=C[C@@H]1C[C@]1(NC(=O)[C@@H]1C[C@@H](Oc2cc(-c3csc(NC(C)C)n3)nc3c(C)c(OC)ccc23)CN1C(=O)[C@@H](CC(=O)N1CCC(C(F)(F)F)CC1)C(C)(C)C)C(=O)NS(=O)(=O)C1CC1. The number of hydrogen-bond acceptors (Lipinski definition) is 12. The van der Waals surface area contributed by atoms with Crippen LogP contribution in [0.25, 0.3) is 22.3 Å². The molecule has 1 aromatic carbocycles. The van der Waals surface area contributed by atoms with E-state index in [-0.39, 0.29) is 57.8 Å². The first-order valence-corrected chi connectivity index (χ1v) is 24.4. The molecule has 4 heterocycles. The predicted molar refractivity (Wildman–Crippen MR) is 240 cm³/mol. The number of ether oxygens (including phenoxy) is 2. The van der Waals surface area contributed by atoms with Crippen LogP contribution in [-0.4, -0.2) is 114 Å². The average molecular weight is 946 g/mol. The number of rotatable bonds is 15. The number of thiazole rings is 1. The zero-order valence-electron chi connectivity index (χ0n) is 37.7. The van der Waals surface area contributed by atoms with Crippen molar-refractivity contribution in [2.45, 2.75) is 122 Å². The summed E-state index contributed by atoms with van der Waals surface area (Å²) in [4.78, 5) is 69.6. The van der Waals surface area contributed by atoms with Crippen LogP contribution in [0, 0.1) is 30.1 Å². The largest absolute Gasteiger partial charge is 0.496 e. The Morgan fingerprint density at radius 1 is 1.05 bits per heavy atom. The number of fused-ring (bicyclic) bond motifs is 1. The number of aromatic nitrogens is 2. The van der Waals surface area contributed by atoms with Crippen LogP contribution in [0.15, 0.2) is 36.2 Å². The number of sulfonamides is 1. The number of nitrogens with zero attached hydrogens (tertiary/aromatic N) is 4. The molecular weight excluding hydrogens is 888 g/mol. The Morgan fingerprint density at radius 3 is 2.32 bits per heavy atom. The molecule has 20 heteroatoms. The molecule has 5 atom stereocenters. The Balaban J connectivity index is 1.21. The summed E-state index contributed by atoms with van der Waals surface area (Å²) < 4.78 is 80.8. The van der Waals surface area contributed by atoms with E-state index in [2.05, 4.69) is 21.9 Å². The molecule has 2 saturated carbocycles. The fraction of sp³-hybridized carbons (Fsp3) is 0.600. The van der Waals surface area contributed by atoms with Crippen LogP contribution >= 0.6 is 11.3 Å². The minimum Gasteiger partial charge on any atom is -0.496 e.